The molecular formula is C16H26N6O2. The lowest BCUT2D eigenvalue weighted by molar-refractivity contribution is -0.383. The summed E-state index contributed by atoms with van der Waals surface area (Å²) in [5.41, 5.74) is -0.260. The molecule has 0 amide bonds. The molecule has 1 aromatic rings. The van der Waals surface area contributed by atoms with Crippen LogP contribution in [0.15, 0.2) is 19.0 Å². The Morgan fingerprint density at radius 1 is 1.33 bits per heavy atom. The molecule has 3 N–H and O–H groups in total. The fourth-order valence-electron chi connectivity index (χ4n) is 3.57. The summed E-state index contributed by atoms with van der Waals surface area (Å²) in [4.78, 5) is 19.1. The number of rotatable bonds is 6. The Kier molecular flexibility index (Phi) is 5.08. The van der Waals surface area contributed by atoms with E-state index in [2.05, 4.69) is 60.2 Å². The third-order valence-corrected chi connectivity index (χ3v) is 3.95. The molecule has 0 atom stereocenters. The van der Waals surface area contributed by atoms with E-state index in [-0.39, 0.29) is 34.4 Å². The Morgan fingerprint density at radius 3 is 2.46 bits per heavy atom. The van der Waals surface area contributed by atoms with Crippen molar-refractivity contribution in [1.29, 1.82) is 0 Å². The maximum atomic E-state index is 11.5. The molecule has 1 aromatic heterocycles. The minimum Gasteiger partial charge on any atom is -0.361 e. The van der Waals surface area contributed by atoms with Gasteiger partial charge in [0.2, 0.25) is 11.6 Å². The number of nitro groups is 1. The van der Waals surface area contributed by atoms with Crippen LogP contribution in [0.25, 0.3) is 0 Å². The molecule has 8 heteroatoms. The zero-order chi connectivity index (χ0) is 18.0. The number of piperidine rings is 1. The average molecular weight is 334 g/mol. The molecule has 0 aromatic carbocycles. The summed E-state index contributed by atoms with van der Waals surface area (Å²) in [6, 6.07) is 0.0807. The maximum Gasteiger partial charge on any atom is 0.353 e. The number of nitrogens with zero attached hydrogens (tertiary/aromatic N) is 3. The highest BCUT2D eigenvalue weighted by atomic mass is 16.6. The Bertz CT molecular complexity index is 613. The Balaban J connectivity index is 2.28. The molecule has 2 rings (SSSR count). The summed E-state index contributed by atoms with van der Waals surface area (Å²) in [5, 5.41) is 21.3. The standard InChI is InChI=1S/C16H26N6O2/c1-6-7-17-13-12(22(23)24)14(19-10-18-13)20-11-8-15(2,3)21-16(4,5)9-11/h6,10-11,21H,1,7-9H2,2-5H3,(H2,17,18,19,20). The number of nitrogens with one attached hydrogen (secondary N) is 3. The predicted octanol–water partition coefficient (Wildman–Crippen LogP) is 2.70. The van der Waals surface area contributed by atoms with E-state index in [9.17, 15) is 10.1 Å². The van der Waals surface area contributed by atoms with Gasteiger partial charge in [-0.3, -0.25) is 10.1 Å². The van der Waals surface area contributed by atoms with E-state index < -0.39 is 4.92 Å². The number of hydrogen-bond acceptors (Lipinski definition) is 7. The lowest BCUT2D eigenvalue weighted by atomic mass is 9.79. The molecule has 2 heterocycles. The summed E-state index contributed by atoms with van der Waals surface area (Å²) >= 11 is 0. The van der Waals surface area contributed by atoms with Gasteiger partial charge in [0.05, 0.1) is 4.92 Å². The van der Waals surface area contributed by atoms with E-state index in [4.69, 9.17) is 0 Å². The van der Waals surface area contributed by atoms with Crippen LogP contribution in [0.5, 0.6) is 0 Å². The van der Waals surface area contributed by atoms with Crippen molar-refractivity contribution in [3.8, 4) is 0 Å². The van der Waals surface area contributed by atoms with Crippen LogP contribution >= 0.6 is 0 Å². The van der Waals surface area contributed by atoms with Crippen molar-refractivity contribution in [2.24, 2.45) is 0 Å². The quantitative estimate of drug-likeness (QED) is 0.417. The first kappa shape index (κ1) is 18.1. The molecule has 1 aliphatic heterocycles. The molecular weight excluding hydrogens is 308 g/mol. The molecule has 0 aliphatic carbocycles. The van der Waals surface area contributed by atoms with Crippen LogP contribution in [0.4, 0.5) is 17.3 Å². The normalized spacial score (nSPS) is 19.5. The van der Waals surface area contributed by atoms with Crippen molar-refractivity contribution in [3.05, 3.63) is 29.1 Å². The molecule has 0 saturated carbocycles. The van der Waals surface area contributed by atoms with E-state index in [1.807, 2.05) is 0 Å². The third-order valence-electron chi connectivity index (χ3n) is 3.95. The predicted molar refractivity (Wildman–Crippen MR) is 95.3 cm³/mol. The topological polar surface area (TPSA) is 105 Å². The second kappa shape index (κ2) is 6.72. The molecule has 1 aliphatic rings. The molecule has 0 radical (unpaired) electrons. The van der Waals surface area contributed by atoms with Gasteiger partial charge in [0.25, 0.3) is 0 Å². The fraction of sp³-hybridized carbons (Fsp3) is 0.625. The van der Waals surface area contributed by atoms with Gasteiger partial charge in [0.1, 0.15) is 6.33 Å². The summed E-state index contributed by atoms with van der Waals surface area (Å²) < 4.78 is 0. The first-order valence-electron chi connectivity index (χ1n) is 8.03. The molecule has 24 heavy (non-hydrogen) atoms. The minimum atomic E-state index is -0.453. The Hall–Kier alpha value is -2.22. The summed E-state index contributed by atoms with van der Waals surface area (Å²) in [7, 11) is 0. The van der Waals surface area contributed by atoms with E-state index in [0.29, 0.717) is 6.54 Å². The van der Waals surface area contributed by atoms with Crippen LogP contribution in [-0.4, -0.2) is 38.6 Å². The van der Waals surface area contributed by atoms with E-state index in [1.165, 1.54) is 6.33 Å². The first-order chi connectivity index (χ1) is 11.1. The van der Waals surface area contributed by atoms with Gasteiger partial charge in [-0.1, -0.05) is 6.08 Å². The van der Waals surface area contributed by atoms with E-state index in [0.717, 1.165) is 12.8 Å². The molecule has 0 bridgehead atoms. The van der Waals surface area contributed by atoms with Gasteiger partial charge in [-0.05, 0) is 40.5 Å². The Morgan fingerprint density at radius 2 is 1.92 bits per heavy atom. The molecule has 8 nitrogen and oxygen atoms in total. The van der Waals surface area contributed by atoms with Gasteiger partial charge in [0.15, 0.2) is 0 Å². The van der Waals surface area contributed by atoms with Crippen molar-refractivity contribution in [3.63, 3.8) is 0 Å². The lowest BCUT2D eigenvalue weighted by Crippen LogP contribution is -2.60. The highest BCUT2D eigenvalue weighted by Crippen LogP contribution is 2.34. The van der Waals surface area contributed by atoms with Crippen molar-refractivity contribution >= 4 is 17.3 Å². The molecule has 1 fully saturated rings. The molecule has 132 valence electrons. The van der Waals surface area contributed by atoms with Crippen LogP contribution in [0.2, 0.25) is 0 Å². The van der Waals surface area contributed by atoms with Gasteiger partial charge in [-0.15, -0.1) is 6.58 Å². The second-order valence-electron chi connectivity index (χ2n) is 7.49. The number of aromatic nitrogens is 2. The summed E-state index contributed by atoms with van der Waals surface area (Å²) in [6.45, 7) is 12.5. The lowest BCUT2D eigenvalue weighted by Gasteiger charge is -2.46. The minimum absolute atomic E-state index is 0.0643. The van der Waals surface area contributed by atoms with Gasteiger partial charge in [0, 0.05) is 23.7 Å². The smallest absolute Gasteiger partial charge is 0.353 e. The fourth-order valence-corrected chi connectivity index (χ4v) is 3.57. The van der Waals surface area contributed by atoms with Crippen LogP contribution < -0.4 is 16.0 Å². The Labute approximate surface area is 142 Å². The highest BCUT2D eigenvalue weighted by molar-refractivity contribution is 5.69. The van der Waals surface area contributed by atoms with Crippen LogP contribution in [0.3, 0.4) is 0 Å². The number of anilines is 2. The third kappa shape index (κ3) is 4.41. The van der Waals surface area contributed by atoms with Crippen molar-refractivity contribution in [2.45, 2.75) is 57.7 Å². The van der Waals surface area contributed by atoms with Crippen LogP contribution in [-0.2, 0) is 0 Å². The summed E-state index contributed by atoms with van der Waals surface area (Å²) in [5.74, 6) is 0.449. The highest BCUT2D eigenvalue weighted by Gasteiger charge is 2.38. The molecule has 0 unspecified atom stereocenters. The van der Waals surface area contributed by atoms with Crippen molar-refractivity contribution < 1.29 is 4.92 Å². The summed E-state index contributed by atoms with van der Waals surface area (Å²) in [6.07, 6.45) is 4.63. The maximum absolute atomic E-state index is 11.5. The zero-order valence-electron chi connectivity index (χ0n) is 14.7. The van der Waals surface area contributed by atoms with Crippen molar-refractivity contribution in [1.82, 2.24) is 15.3 Å². The van der Waals surface area contributed by atoms with Crippen molar-refractivity contribution in [2.75, 3.05) is 17.2 Å². The zero-order valence-corrected chi connectivity index (χ0v) is 14.7. The van der Waals surface area contributed by atoms with Gasteiger partial charge >= 0.3 is 5.69 Å². The average Bonchev–Trinajstić information content (AvgIpc) is 2.41. The van der Waals surface area contributed by atoms with E-state index in [1.54, 1.807) is 6.08 Å². The van der Waals surface area contributed by atoms with Crippen LogP contribution in [0.1, 0.15) is 40.5 Å². The van der Waals surface area contributed by atoms with Gasteiger partial charge in [-0.25, -0.2) is 9.97 Å². The largest absolute Gasteiger partial charge is 0.361 e. The second-order valence-corrected chi connectivity index (χ2v) is 7.49. The first-order valence-corrected chi connectivity index (χ1v) is 8.03. The van der Waals surface area contributed by atoms with E-state index >= 15 is 0 Å². The molecule has 0 spiro atoms. The number of hydrogen-bond donors (Lipinski definition) is 3. The monoisotopic (exact) mass is 334 g/mol. The van der Waals surface area contributed by atoms with Crippen LogP contribution in [0, 0.1) is 10.1 Å². The van der Waals surface area contributed by atoms with Gasteiger partial charge < -0.3 is 16.0 Å². The van der Waals surface area contributed by atoms with Gasteiger partial charge in [-0.2, -0.15) is 0 Å². The molecule has 1 saturated heterocycles. The SMILES string of the molecule is C=CCNc1ncnc(NC2CC(C)(C)NC(C)(C)C2)c1[N+](=O)[O-].